The number of amidine groups is 1. The number of nitrogens with one attached hydrogen (secondary N) is 2. The maximum atomic E-state index is 11.6. The normalized spacial score (nSPS) is 21.5. The molecule has 0 spiro atoms. The fourth-order valence-corrected chi connectivity index (χ4v) is 2.95. The lowest BCUT2D eigenvalue weighted by Crippen LogP contribution is -2.46. The molecule has 4 nitrogen and oxygen atoms in total. The van der Waals surface area contributed by atoms with Crippen molar-refractivity contribution in [3.63, 3.8) is 0 Å². The Kier molecular flexibility index (Phi) is 5.08. The van der Waals surface area contributed by atoms with Gasteiger partial charge in [0.05, 0.1) is 6.54 Å². The van der Waals surface area contributed by atoms with Crippen LogP contribution in [0.4, 0.5) is 0 Å². The molecule has 5 heteroatoms. The molecule has 1 aliphatic heterocycles. The highest BCUT2D eigenvalue weighted by molar-refractivity contribution is 8.13. The van der Waals surface area contributed by atoms with E-state index in [1.807, 2.05) is 20.8 Å². The molecule has 0 saturated carbocycles. The molecule has 1 fully saturated rings. The summed E-state index contributed by atoms with van der Waals surface area (Å²) in [6.45, 7) is 10.9. The van der Waals surface area contributed by atoms with Crippen molar-refractivity contribution in [2.24, 2.45) is 4.99 Å². The van der Waals surface area contributed by atoms with Crippen LogP contribution >= 0.6 is 11.8 Å². The number of thioether (sulfide) groups is 1. The summed E-state index contributed by atoms with van der Waals surface area (Å²) in [6.07, 6.45) is 1.59. The molecule has 0 unspecified atom stereocenters. The van der Waals surface area contributed by atoms with Gasteiger partial charge in [0.25, 0.3) is 0 Å². The molecule has 1 amide bonds. The summed E-state index contributed by atoms with van der Waals surface area (Å²) in [5, 5.41) is 7.30. The minimum atomic E-state index is -0.163. The fourth-order valence-electron chi connectivity index (χ4n) is 1.62. The largest absolute Gasteiger partial charge is 0.360 e. The van der Waals surface area contributed by atoms with Gasteiger partial charge in [0, 0.05) is 23.3 Å². The van der Waals surface area contributed by atoms with Crippen LogP contribution in [0.3, 0.4) is 0 Å². The van der Waals surface area contributed by atoms with Gasteiger partial charge in [0.15, 0.2) is 5.17 Å². The lowest BCUT2D eigenvalue weighted by molar-refractivity contribution is -0.122. The Labute approximate surface area is 114 Å². The lowest BCUT2D eigenvalue weighted by atomic mass is 10.0. The first kappa shape index (κ1) is 15.3. The van der Waals surface area contributed by atoms with Crippen molar-refractivity contribution in [1.82, 2.24) is 10.6 Å². The number of aliphatic imine (C=N–C) groups is 1. The van der Waals surface area contributed by atoms with Crippen LogP contribution in [0.2, 0.25) is 0 Å². The van der Waals surface area contributed by atoms with Gasteiger partial charge in [0.1, 0.15) is 0 Å². The Balaban J connectivity index is 2.34. The molecule has 1 heterocycles. The van der Waals surface area contributed by atoms with E-state index in [1.54, 1.807) is 11.8 Å². The number of hydrogen-bond donors (Lipinski definition) is 2. The highest BCUT2D eigenvalue weighted by Crippen LogP contribution is 2.21. The molecule has 104 valence electrons. The van der Waals surface area contributed by atoms with Gasteiger partial charge in [0.2, 0.25) is 5.91 Å². The van der Waals surface area contributed by atoms with Gasteiger partial charge < -0.3 is 10.6 Å². The topological polar surface area (TPSA) is 53.5 Å². The highest BCUT2D eigenvalue weighted by Gasteiger charge is 2.24. The second-order valence-corrected chi connectivity index (χ2v) is 7.43. The number of nitrogens with zero attached hydrogens (tertiary/aromatic N) is 1. The maximum Gasteiger partial charge on any atom is 0.222 e. The van der Waals surface area contributed by atoms with Crippen LogP contribution in [0, 0.1) is 0 Å². The average Bonchev–Trinajstić information content (AvgIpc) is 2.12. The van der Waals surface area contributed by atoms with E-state index in [1.165, 1.54) is 0 Å². The van der Waals surface area contributed by atoms with Gasteiger partial charge in [-0.15, -0.1) is 0 Å². The van der Waals surface area contributed by atoms with Crippen LogP contribution in [0.1, 0.15) is 47.5 Å². The first-order chi connectivity index (χ1) is 8.18. The predicted octanol–water partition coefficient (Wildman–Crippen LogP) is 2.15. The van der Waals surface area contributed by atoms with Crippen LogP contribution < -0.4 is 10.6 Å². The average molecular weight is 271 g/mol. The van der Waals surface area contributed by atoms with E-state index in [0.29, 0.717) is 13.0 Å². The standard InChI is InChI=1S/C13H25N3OS/c1-12(2,3)15-10(17)6-8-14-11-16-13(4,5)7-9-18-11/h6-9H2,1-5H3,(H,14,16)(H,15,17). The molecule has 1 rings (SSSR count). The van der Waals surface area contributed by atoms with Crippen LogP contribution in [-0.4, -0.2) is 34.5 Å². The van der Waals surface area contributed by atoms with Gasteiger partial charge in [-0.25, -0.2) is 0 Å². The fraction of sp³-hybridized carbons (Fsp3) is 0.846. The Morgan fingerprint density at radius 3 is 2.72 bits per heavy atom. The third-order valence-corrected chi connectivity index (χ3v) is 3.43. The van der Waals surface area contributed by atoms with Gasteiger partial charge in [-0.05, 0) is 41.0 Å². The zero-order valence-corrected chi connectivity index (χ0v) is 12.9. The van der Waals surface area contributed by atoms with Crippen LogP contribution in [0.5, 0.6) is 0 Å². The highest BCUT2D eigenvalue weighted by atomic mass is 32.2. The molecule has 1 saturated heterocycles. The molecule has 0 aromatic carbocycles. The molecule has 18 heavy (non-hydrogen) atoms. The molecule has 0 bridgehead atoms. The second kappa shape index (κ2) is 5.95. The number of carbonyl (C=O) groups excluding carboxylic acids is 1. The summed E-state index contributed by atoms with van der Waals surface area (Å²) >= 11 is 1.74. The van der Waals surface area contributed by atoms with E-state index in [9.17, 15) is 4.79 Å². The van der Waals surface area contributed by atoms with E-state index < -0.39 is 0 Å². The summed E-state index contributed by atoms with van der Waals surface area (Å²) in [5.74, 6) is 1.15. The van der Waals surface area contributed by atoms with Crippen LogP contribution in [0.25, 0.3) is 0 Å². The Morgan fingerprint density at radius 1 is 1.50 bits per heavy atom. The molecule has 0 atom stereocenters. The molecule has 0 aliphatic carbocycles. The molecule has 0 radical (unpaired) electrons. The van der Waals surface area contributed by atoms with Crippen molar-refractivity contribution in [3.05, 3.63) is 0 Å². The summed E-state index contributed by atoms with van der Waals surface area (Å²) in [7, 11) is 0. The summed E-state index contributed by atoms with van der Waals surface area (Å²) in [5.41, 5.74) is -0.0399. The van der Waals surface area contributed by atoms with Gasteiger partial charge in [-0.2, -0.15) is 0 Å². The summed E-state index contributed by atoms with van der Waals surface area (Å²) in [6, 6.07) is 0. The minimum Gasteiger partial charge on any atom is -0.360 e. The first-order valence-corrected chi connectivity index (χ1v) is 7.43. The summed E-state index contributed by atoms with van der Waals surface area (Å²) < 4.78 is 0. The molecule has 1 aliphatic rings. The number of amides is 1. The van der Waals surface area contributed by atoms with Gasteiger partial charge in [-0.3, -0.25) is 9.79 Å². The van der Waals surface area contributed by atoms with Crippen molar-refractivity contribution >= 4 is 22.8 Å². The molecule has 2 N–H and O–H groups in total. The van der Waals surface area contributed by atoms with Crippen molar-refractivity contribution in [2.45, 2.75) is 58.5 Å². The smallest absolute Gasteiger partial charge is 0.222 e. The number of rotatable bonds is 3. The number of hydrogen-bond acceptors (Lipinski definition) is 3. The lowest BCUT2D eigenvalue weighted by Gasteiger charge is -2.32. The van der Waals surface area contributed by atoms with Gasteiger partial charge >= 0.3 is 0 Å². The minimum absolute atomic E-state index is 0.0620. The molecular formula is C13H25N3OS. The quantitative estimate of drug-likeness (QED) is 0.827. The Bertz CT molecular complexity index is 332. The first-order valence-electron chi connectivity index (χ1n) is 6.44. The van der Waals surface area contributed by atoms with Crippen LogP contribution in [-0.2, 0) is 4.79 Å². The monoisotopic (exact) mass is 271 g/mol. The molecule has 0 aromatic rings. The van der Waals surface area contributed by atoms with Gasteiger partial charge in [-0.1, -0.05) is 11.8 Å². The van der Waals surface area contributed by atoms with Crippen molar-refractivity contribution in [3.8, 4) is 0 Å². The predicted molar refractivity (Wildman–Crippen MR) is 79.1 cm³/mol. The Morgan fingerprint density at radius 2 is 2.17 bits per heavy atom. The maximum absolute atomic E-state index is 11.6. The SMILES string of the molecule is CC(C)(C)NC(=O)CCN=C1NC(C)(C)CCS1. The molecular weight excluding hydrogens is 246 g/mol. The van der Waals surface area contributed by atoms with Crippen LogP contribution in [0.15, 0.2) is 4.99 Å². The van der Waals surface area contributed by atoms with Crippen molar-refractivity contribution < 1.29 is 4.79 Å². The zero-order chi connectivity index (χ0) is 13.8. The zero-order valence-electron chi connectivity index (χ0n) is 12.1. The third-order valence-electron chi connectivity index (χ3n) is 2.52. The molecule has 0 aromatic heterocycles. The number of carbonyl (C=O) groups is 1. The van der Waals surface area contributed by atoms with Crippen molar-refractivity contribution in [1.29, 1.82) is 0 Å². The second-order valence-electron chi connectivity index (χ2n) is 6.34. The summed E-state index contributed by atoms with van der Waals surface area (Å²) in [4.78, 5) is 16.1. The van der Waals surface area contributed by atoms with E-state index in [2.05, 4.69) is 29.5 Å². The third kappa shape index (κ3) is 6.28. The van der Waals surface area contributed by atoms with E-state index in [0.717, 1.165) is 17.3 Å². The Hall–Kier alpha value is -0.710. The van der Waals surface area contributed by atoms with E-state index >= 15 is 0 Å². The van der Waals surface area contributed by atoms with E-state index in [-0.39, 0.29) is 17.0 Å². The van der Waals surface area contributed by atoms with Crippen molar-refractivity contribution in [2.75, 3.05) is 12.3 Å². The van der Waals surface area contributed by atoms with E-state index in [4.69, 9.17) is 0 Å².